The van der Waals surface area contributed by atoms with Gasteiger partial charge in [0.1, 0.15) is 0 Å². The summed E-state index contributed by atoms with van der Waals surface area (Å²) in [7, 11) is -2.55. The van der Waals surface area contributed by atoms with E-state index in [1.807, 2.05) is 12.1 Å². The number of ether oxygens (including phenoxy) is 1. The summed E-state index contributed by atoms with van der Waals surface area (Å²) in [4.78, 5) is 20.2. The second-order valence-corrected chi connectivity index (χ2v) is 9.19. The Bertz CT molecular complexity index is 1220. The van der Waals surface area contributed by atoms with Crippen molar-refractivity contribution in [1.29, 1.82) is 0 Å². The summed E-state index contributed by atoms with van der Waals surface area (Å²) < 4.78 is 33.3. The maximum Gasteiger partial charge on any atom is 0.263 e. The van der Waals surface area contributed by atoms with Crippen LogP contribution in [-0.4, -0.2) is 36.5 Å². The van der Waals surface area contributed by atoms with Gasteiger partial charge in [-0.25, -0.2) is 18.4 Å². The average molecular weight is 569 g/mol. The summed E-state index contributed by atoms with van der Waals surface area (Å²) in [6.45, 7) is 0. The zero-order valence-corrected chi connectivity index (χ0v) is 19.8. The van der Waals surface area contributed by atoms with Crippen LogP contribution < -0.4 is 20.1 Å². The summed E-state index contributed by atoms with van der Waals surface area (Å²) in [5.41, 5.74) is 1.00. The third-order valence-electron chi connectivity index (χ3n) is 3.86. The lowest BCUT2D eigenvalue weighted by atomic mass is 10.2. The number of nitrogens with one attached hydrogen (secondary N) is 3. The van der Waals surface area contributed by atoms with Gasteiger partial charge in [0.2, 0.25) is 5.82 Å². The van der Waals surface area contributed by atoms with Crippen molar-refractivity contribution in [1.82, 2.24) is 15.3 Å². The molecule has 0 atom stereocenters. The molecule has 0 radical (unpaired) electrons. The number of amides is 1. The van der Waals surface area contributed by atoms with Crippen molar-refractivity contribution < 1.29 is 17.9 Å². The molecule has 31 heavy (non-hydrogen) atoms. The van der Waals surface area contributed by atoms with Crippen LogP contribution in [0, 0.1) is 3.57 Å². The fourth-order valence-corrected chi connectivity index (χ4v) is 4.28. The van der Waals surface area contributed by atoms with Crippen LogP contribution in [-0.2, 0) is 10.0 Å². The highest BCUT2D eigenvalue weighted by molar-refractivity contribution is 14.1. The number of nitrogens with zero attached hydrogens (tertiary/aromatic N) is 2. The van der Waals surface area contributed by atoms with Crippen LogP contribution in [0.3, 0.4) is 0 Å². The molecule has 1 aromatic heterocycles. The lowest BCUT2D eigenvalue weighted by molar-refractivity contribution is 0.0977. The van der Waals surface area contributed by atoms with Gasteiger partial charge in [-0.15, -0.1) is 0 Å². The highest BCUT2D eigenvalue weighted by atomic mass is 127. The number of hydrogen-bond donors (Lipinski definition) is 3. The van der Waals surface area contributed by atoms with Crippen molar-refractivity contribution in [3.63, 3.8) is 0 Å². The van der Waals surface area contributed by atoms with E-state index in [4.69, 9.17) is 17.0 Å². The largest absolute Gasteiger partial charge is 0.478 e. The third kappa shape index (κ3) is 5.86. The van der Waals surface area contributed by atoms with Gasteiger partial charge in [-0.1, -0.05) is 12.1 Å². The summed E-state index contributed by atoms with van der Waals surface area (Å²) in [5.74, 6) is -0.311. The average Bonchev–Trinajstić information content (AvgIpc) is 2.74. The number of aromatic nitrogens is 2. The summed E-state index contributed by atoms with van der Waals surface area (Å²) in [6, 6.07) is 12.9. The Kier molecular flexibility index (Phi) is 7.35. The van der Waals surface area contributed by atoms with E-state index >= 15 is 0 Å². The van der Waals surface area contributed by atoms with Gasteiger partial charge in [0.15, 0.2) is 5.11 Å². The van der Waals surface area contributed by atoms with Crippen molar-refractivity contribution in [2.45, 2.75) is 4.90 Å². The molecule has 0 saturated heterocycles. The molecule has 0 aliphatic heterocycles. The van der Waals surface area contributed by atoms with Crippen LogP contribution in [0.15, 0.2) is 65.8 Å². The van der Waals surface area contributed by atoms with E-state index in [0.29, 0.717) is 11.3 Å². The number of thiocarbonyl (C=S) groups is 1. The van der Waals surface area contributed by atoms with E-state index in [1.54, 1.807) is 12.1 Å². The fourth-order valence-electron chi connectivity index (χ4n) is 2.43. The summed E-state index contributed by atoms with van der Waals surface area (Å²) >= 11 is 7.24. The molecular weight excluding hydrogens is 553 g/mol. The summed E-state index contributed by atoms with van der Waals surface area (Å²) in [5, 5.41) is 5.53. The molecule has 1 amide bonds. The predicted octanol–water partition coefficient (Wildman–Crippen LogP) is 3.02. The second kappa shape index (κ2) is 9.98. The second-order valence-electron chi connectivity index (χ2n) is 5.93. The smallest absolute Gasteiger partial charge is 0.263 e. The molecule has 12 heteroatoms. The van der Waals surface area contributed by atoms with Gasteiger partial charge >= 0.3 is 0 Å². The van der Waals surface area contributed by atoms with E-state index < -0.39 is 10.0 Å². The van der Waals surface area contributed by atoms with Crippen molar-refractivity contribution in [3.8, 4) is 5.88 Å². The SMILES string of the molecule is COc1nccnc1NS(=O)(=O)c1ccc(NC(=S)NC(=O)c2ccccc2I)cc1. The molecule has 2 aromatic carbocycles. The number of anilines is 2. The lowest BCUT2D eigenvalue weighted by Gasteiger charge is -2.12. The molecular formula is C19H16IN5O4S2. The first-order valence-corrected chi connectivity index (χ1v) is 11.6. The van der Waals surface area contributed by atoms with Crippen molar-refractivity contribution in [2.24, 2.45) is 0 Å². The number of carbonyl (C=O) groups excluding carboxylic acids is 1. The molecule has 0 bridgehead atoms. The quantitative estimate of drug-likeness (QED) is 0.306. The Labute approximate surface area is 197 Å². The van der Waals surface area contributed by atoms with Crippen LogP contribution in [0.4, 0.5) is 11.5 Å². The van der Waals surface area contributed by atoms with E-state index in [-0.39, 0.29) is 27.6 Å². The number of carbonyl (C=O) groups is 1. The van der Waals surface area contributed by atoms with Crippen molar-refractivity contribution in [2.75, 3.05) is 17.1 Å². The topological polar surface area (TPSA) is 122 Å². The molecule has 160 valence electrons. The van der Waals surface area contributed by atoms with E-state index in [2.05, 4.69) is 47.9 Å². The highest BCUT2D eigenvalue weighted by Gasteiger charge is 2.18. The van der Waals surface area contributed by atoms with Crippen LogP contribution >= 0.6 is 34.8 Å². The molecule has 0 unspecified atom stereocenters. The Morgan fingerprint density at radius 2 is 1.74 bits per heavy atom. The molecule has 0 spiro atoms. The zero-order chi connectivity index (χ0) is 22.4. The standard InChI is InChI=1S/C19H16IN5O4S2/c1-29-18-16(21-10-11-22-18)25-31(27,28)13-8-6-12(7-9-13)23-19(30)24-17(26)14-4-2-3-5-15(14)20/h2-11H,1H3,(H,21,25)(H2,23,24,26,30). The Hall–Kier alpha value is -2.84. The number of benzene rings is 2. The summed E-state index contributed by atoms with van der Waals surface area (Å²) in [6.07, 6.45) is 2.73. The number of rotatable bonds is 6. The first-order valence-electron chi connectivity index (χ1n) is 8.65. The van der Waals surface area contributed by atoms with Crippen LogP contribution in [0.5, 0.6) is 5.88 Å². The van der Waals surface area contributed by atoms with Crippen LogP contribution in [0.25, 0.3) is 0 Å². The zero-order valence-electron chi connectivity index (χ0n) is 16.0. The maximum atomic E-state index is 12.6. The number of methoxy groups -OCH3 is 1. The van der Waals surface area contributed by atoms with E-state index in [9.17, 15) is 13.2 Å². The molecule has 0 fully saturated rings. The number of hydrogen-bond acceptors (Lipinski definition) is 7. The van der Waals surface area contributed by atoms with Gasteiger partial charge in [0, 0.05) is 21.7 Å². The number of sulfonamides is 1. The van der Waals surface area contributed by atoms with Crippen LogP contribution in [0.2, 0.25) is 0 Å². The minimum absolute atomic E-state index is 0.000417. The van der Waals surface area contributed by atoms with Gasteiger partial charge in [0.25, 0.3) is 21.8 Å². The molecule has 3 aromatic rings. The van der Waals surface area contributed by atoms with Gasteiger partial charge in [-0.2, -0.15) is 0 Å². The van der Waals surface area contributed by atoms with E-state index in [1.165, 1.54) is 43.8 Å². The normalized spacial score (nSPS) is 10.8. The fraction of sp³-hybridized carbons (Fsp3) is 0.0526. The molecule has 3 N–H and O–H groups in total. The first kappa shape index (κ1) is 22.8. The van der Waals surface area contributed by atoms with Crippen molar-refractivity contribution >= 4 is 67.4 Å². The highest BCUT2D eigenvalue weighted by Crippen LogP contribution is 2.22. The maximum absolute atomic E-state index is 12.6. The molecule has 0 saturated carbocycles. The molecule has 0 aliphatic rings. The van der Waals surface area contributed by atoms with Gasteiger partial charge in [-0.3, -0.25) is 14.8 Å². The number of halogens is 1. The van der Waals surface area contributed by atoms with Crippen LogP contribution in [0.1, 0.15) is 10.4 Å². The Morgan fingerprint density at radius 3 is 2.42 bits per heavy atom. The van der Waals surface area contributed by atoms with Gasteiger partial charge < -0.3 is 10.1 Å². The van der Waals surface area contributed by atoms with Gasteiger partial charge in [-0.05, 0) is 71.2 Å². The Balaban J connectivity index is 1.66. The lowest BCUT2D eigenvalue weighted by Crippen LogP contribution is -2.34. The Morgan fingerprint density at radius 1 is 1.06 bits per heavy atom. The van der Waals surface area contributed by atoms with Gasteiger partial charge in [0.05, 0.1) is 17.6 Å². The molecule has 1 heterocycles. The minimum atomic E-state index is -3.91. The monoisotopic (exact) mass is 569 g/mol. The molecule has 0 aliphatic carbocycles. The molecule has 3 rings (SSSR count). The third-order valence-corrected chi connectivity index (χ3v) is 6.36. The van der Waals surface area contributed by atoms with Crippen molar-refractivity contribution in [3.05, 3.63) is 70.1 Å². The van der Waals surface area contributed by atoms with E-state index in [0.717, 1.165) is 3.57 Å². The minimum Gasteiger partial charge on any atom is -0.478 e. The molecule has 9 nitrogen and oxygen atoms in total. The first-order chi connectivity index (χ1) is 14.8. The predicted molar refractivity (Wildman–Crippen MR) is 129 cm³/mol.